The Kier molecular flexibility index (Phi) is 4.18. The van der Waals surface area contributed by atoms with Crippen molar-refractivity contribution >= 4 is 11.4 Å². The molecule has 0 bridgehead atoms. The van der Waals surface area contributed by atoms with Gasteiger partial charge in [0.15, 0.2) is 0 Å². The molecule has 4 heteroatoms. The van der Waals surface area contributed by atoms with Crippen LogP contribution in [0.3, 0.4) is 0 Å². The highest BCUT2D eigenvalue weighted by molar-refractivity contribution is 5.49. The summed E-state index contributed by atoms with van der Waals surface area (Å²) in [5, 5.41) is 14.1. The second-order valence-electron chi connectivity index (χ2n) is 5.26. The molecule has 1 N–H and O–H groups in total. The molecule has 2 atom stereocenters. The van der Waals surface area contributed by atoms with Crippen molar-refractivity contribution in [3.8, 4) is 0 Å². The minimum absolute atomic E-state index is 0.148. The van der Waals surface area contributed by atoms with E-state index in [1.165, 1.54) is 32.1 Å². The van der Waals surface area contributed by atoms with Gasteiger partial charge in [-0.1, -0.05) is 19.8 Å². The predicted octanol–water partition coefficient (Wildman–Crippen LogP) is 3.98. The average Bonchev–Trinajstić information content (AvgIpc) is 2.55. The van der Waals surface area contributed by atoms with Gasteiger partial charge in [0.1, 0.15) is 0 Å². The summed E-state index contributed by atoms with van der Waals surface area (Å²) in [6.45, 7) is 2.31. The first-order valence-corrected chi connectivity index (χ1v) is 6.66. The zero-order valence-electron chi connectivity index (χ0n) is 10.8. The van der Waals surface area contributed by atoms with Crippen molar-refractivity contribution in [1.82, 2.24) is 0 Å². The van der Waals surface area contributed by atoms with Crippen molar-refractivity contribution in [2.75, 3.05) is 5.32 Å². The minimum atomic E-state index is -0.364. The highest BCUT2D eigenvalue weighted by Crippen LogP contribution is 2.25. The zero-order chi connectivity index (χ0) is 13.0. The van der Waals surface area contributed by atoms with Gasteiger partial charge in [0.05, 0.1) is 4.92 Å². The second kappa shape index (κ2) is 5.85. The molecule has 1 aliphatic carbocycles. The summed E-state index contributed by atoms with van der Waals surface area (Å²) in [6.07, 6.45) is 6.24. The van der Waals surface area contributed by atoms with Crippen LogP contribution in [0.5, 0.6) is 0 Å². The minimum Gasteiger partial charge on any atom is -0.382 e. The van der Waals surface area contributed by atoms with Crippen LogP contribution in [-0.4, -0.2) is 11.0 Å². The Bertz CT molecular complexity index is 403. The summed E-state index contributed by atoms with van der Waals surface area (Å²) < 4.78 is 0. The number of rotatable bonds is 3. The fourth-order valence-corrected chi connectivity index (χ4v) is 2.55. The molecule has 1 aromatic carbocycles. The van der Waals surface area contributed by atoms with E-state index in [1.54, 1.807) is 24.3 Å². The van der Waals surface area contributed by atoms with Crippen LogP contribution in [0.1, 0.15) is 39.0 Å². The normalized spacial score (nSPS) is 24.3. The van der Waals surface area contributed by atoms with E-state index in [0.29, 0.717) is 6.04 Å². The van der Waals surface area contributed by atoms with Crippen LogP contribution in [-0.2, 0) is 0 Å². The number of nitro groups is 1. The highest BCUT2D eigenvalue weighted by atomic mass is 16.6. The number of hydrogen-bond acceptors (Lipinski definition) is 3. The Balaban J connectivity index is 1.94. The van der Waals surface area contributed by atoms with Crippen molar-refractivity contribution in [2.45, 2.75) is 45.1 Å². The van der Waals surface area contributed by atoms with Crippen LogP contribution in [0.15, 0.2) is 24.3 Å². The number of nitro benzene ring substituents is 1. The summed E-state index contributed by atoms with van der Waals surface area (Å²) in [5.41, 5.74) is 1.13. The van der Waals surface area contributed by atoms with Gasteiger partial charge in [0.2, 0.25) is 0 Å². The molecule has 0 aliphatic heterocycles. The smallest absolute Gasteiger partial charge is 0.269 e. The van der Waals surface area contributed by atoms with Crippen LogP contribution in [0, 0.1) is 16.0 Å². The Morgan fingerprint density at radius 2 is 1.89 bits per heavy atom. The Labute approximate surface area is 108 Å². The molecule has 0 amide bonds. The van der Waals surface area contributed by atoms with Gasteiger partial charge in [0, 0.05) is 23.9 Å². The molecule has 1 fully saturated rings. The number of nitrogens with one attached hydrogen (secondary N) is 1. The molecular weight excluding hydrogens is 228 g/mol. The topological polar surface area (TPSA) is 55.2 Å². The Morgan fingerprint density at radius 3 is 2.56 bits per heavy atom. The first kappa shape index (κ1) is 12.9. The van der Waals surface area contributed by atoms with E-state index in [2.05, 4.69) is 12.2 Å². The van der Waals surface area contributed by atoms with E-state index in [1.807, 2.05) is 0 Å². The summed E-state index contributed by atoms with van der Waals surface area (Å²) >= 11 is 0. The lowest BCUT2D eigenvalue weighted by molar-refractivity contribution is -0.384. The maximum atomic E-state index is 10.6. The van der Waals surface area contributed by atoms with Gasteiger partial charge in [-0.05, 0) is 37.3 Å². The Hall–Kier alpha value is -1.58. The van der Waals surface area contributed by atoms with E-state index >= 15 is 0 Å². The van der Waals surface area contributed by atoms with E-state index in [4.69, 9.17) is 0 Å². The van der Waals surface area contributed by atoms with Gasteiger partial charge in [0.25, 0.3) is 5.69 Å². The zero-order valence-corrected chi connectivity index (χ0v) is 10.8. The molecule has 18 heavy (non-hydrogen) atoms. The molecule has 2 unspecified atom stereocenters. The third kappa shape index (κ3) is 3.45. The van der Waals surface area contributed by atoms with E-state index in [0.717, 1.165) is 11.6 Å². The SMILES string of the molecule is CC1CCCC(Nc2ccc([N+](=O)[O-])cc2)CC1. The molecule has 0 radical (unpaired) electrons. The summed E-state index contributed by atoms with van der Waals surface area (Å²) in [5.74, 6) is 0.827. The summed E-state index contributed by atoms with van der Waals surface area (Å²) in [7, 11) is 0. The van der Waals surface area contributed by atoms with Crippen molar-refractivity contribution in [3.63, 3.8) is 0 Å². The average molecular weight is 248 g/mol. The van der Waals surface area contributed by atoms with Crippen molar-refractivity contribution < 1.29 is 4.92 Å². The lowest BCUT2D eigenvalue weighted by atomic mass is 10.0. The quantitative estimate of drug-likeness (QED) is 0.500. The maximum absolute atomic E-state index is 10.6. The molecule has 1 aliphatic rings. The molecule has 2 rings (SSSR count). The number of hydrogen-bond donors (Lipinski definition) is 1. The lowest BCUT2D eigenvalue weighted by Crippen LogP contribution is -2.18. The first-order valence-electron chi connectivity index (χ1n) is 6.66. The number of benzene rings is 1. The molecule has 1 saturated carbocycles. The molecule has 4 nitrogen and oxygen atoms in total. The standard InChI is InChI=1S/C14H20N2O2/c1-11-3-2-4-12(6-5-11)15-13-7-9-14(10-8-13)16(17)18/h7-12,15H,2-6H2,1H3. The molecule has 98 valence electrons. The van der Waals surface area contributed by atoms with Gasteiger partial charge < -0.3 is 5.32 Å². The van der Waals surface area contributed by atoms with Crippen LogP contribution in [0.2, 0.25) is 0 Å². The van der Waals surface area contributed by atoms with E-state index in [-0.39, 0.29) is 10.6 Å². The second-order valence-corrected chi connectivity index (χ2v) is 5.26. The maximum Gasteiger partial charge on any atom is 0.269 e. The third-order valence-electron chi connectivity index (χ3n) is 3.71. The van der Waals surface area contributed by atoms with Gasteiger partial charge >= 0.3 is 0 Å². The molecule has 0 spiro atoms. The fourth-order valence-electron chi connectivity index (χ4n) is 2.55. The van der Waals surface area contributed by atoms with Crippen molar-refractivity contribution in [3.05, 3.63) is 34.4 Å². The monoisotopic (exact) mass is 248 g/mol. The number of non-ortho nitro benzene ring substituents is 1. The van der Waals surface area contributed by atoms with Crippen molar-refractivity contribution in [1.29, 1.82) is 0 Å². The summed E-state index contributed by atoms with van der Waals surface area (Å²) in [6, 6.07) is 7.22. The fraction of sp³-hybridized carbons (Fsp3) is 0.571. The molecule has 0 heterocycles. The molecule has 0 saturated heterocycles. The van der Waals surface area contributed by atoms with Crippen molar-refractivity contribution in [2.24, 2.45) is 5.92 Å². The number of anilines is 1. The molecule has 0 aromatic heterocycles. The van der Waals surface area contributed by atoms with E-state index in [9.17, 15) is 10.1 Å². The third-order valence-corrected chi connectivity index (χ3v) is 3.71. The van der Waals surface area contributed by atoms with Crippen LogP contribution < -0.4 is 5.32 Å². The van der Waals surface area contributed by atoms with Gasteiger partial charge in [-0.3, -0.25) is 10.1 Å². The molecule has 1 aromatic rings. The van der Waals surface area contributed by atoms with Gasteiger partial charge in [-0.25, -0.2) is 0 Å². The highest BCUT2D eigenvalue weighted by Gasteiger charge is 2.16. The van der Waals surface area contributed by atoms with Crippen LogP contribution in [0.4, 0.5) is 11.4 Å². The van der Waals surface area contributed by atoms with Gasteiger partial charge in [-0.2, -0.15) is 0 Å². The number of nitrogens with zero attached hydrogens (tertiary/aromatic N) is 1. The summed E-state index contributed by atoms with van der Waals surface area (Å²) in [4.78, 5) is 10.2. The largest absolute Gasteiger partial charge is 0.382 e. The van der Waals surface area contributed by atoms with E-state index < -0.39 is 0 Å². The van der Waals surface area contributed by atoms with Gasteiger partial charge in [-0.15, -0.1) is 0 Å². The Morgan fingerprint density at radius 1 is 1.17 bits per heavy atom. The molecular formula is C14H20N2O2. The van der Waals surface area contributed by atoms with Crippen LogP contribution >= 0.6 is 0 Å². The predicted molar refractivity (Wildman–Crippen MR) is 72.8 cm³/mol. The van der Waals surface area contributed by atoms with Crippen LogP contribution in [0.25, 0.3) is 0 Å². The lowest BCUT2D eigenvalue weighted by Gasteiger charge is -2.17. The first-order chi connectivity index (χ1) is 8.65.